The van der Waals surface area contributed by atoms with Gasteiger partial charge in [-0.1, -0.05) is 23.9 Å². The molecule has 3 aromatic rings. The molecule has 120 valence electrons. The molecule has 0 saturated heterocycles. The van der Waals surface area contributed by atoms with Gasteiger partial charge in [0.1, 0.15) is 10.1 Å². The highest BCUT2D eigenvalue weighted by Gasteiger charge is 2.05. The number of hydrogen-bond donors (Lipinski definition) is 2. The van der Waals surface area contributed by atoms with Crippen LogP contribution in [0.4, 0.5) is 10.5 Å². The minimum Gasteiger partial charge on any atom is -0.334 e. The zero-order chi connectivity index (χ0) is 16.6. The van der Waals surface area contributed by atoms with Crippen molar-refractivity contribution in [1.82, 2.24) is 20.3 Å². The van der Waals surface area contributed by atoms with E-state index in [1.54, 1.807) is 30.9 Å². The van der Waals surface area contributed by atoms with Gasteiger partial charge in [-0.25, -0.2) is 14.8 Å². The maximum Gasteiger partial charge on any atom is 0.319 e. The van der Waals surface area contributed by atoms with Crippen LogP contribution in [0.1, 0.15) is 5.56 Å². The predicted octanol–water partition coefficient (Wildman–Crippen LogP) is 3.34. The van der Waals surface area contributed by atoms with Gasteiger partial charge in [0.15, 0.2) is 0 Å². The topological polar surface area (TPSA) is 79.8 Å². The van der Waals surface area contributed by atoms with Crippen molar-refractivity contribution in [3.8, 4) is 0 Å². The number of rotatable bonds is 5. The molecule has 0 unspecified atom stereocenters. The van der Waals surface area contributed by atoms with Crippen molar-refractivity contribution in [2.75, 3.05) is 5.32 Å². The molecule has 0 aliphatic heterocycles. The third-order valence-electron chi connectivity index (χ3n) is 3.02. The number of nitrogens with zero attached hydrogens (tertiary/aromatic N) is 3. The van der Waals surface area contributed by atoms with E-state index >= 15 is 0 Å². The van der Waals surface area contributed by atoms with Crippen LogP contribution in [0.5, 0.6) is 0 Å². The van der Waals surface area contributed by atoms with Gasteiger partial charge in [-0.15, -0.1) is 0 Å². The van der Waals surface area contributed by atoms with Crippen LogP contribution in [0.2, 0.25) is 0 Å². The van der Waals surface area contributed by atoms with Gasteiger partial charge < -0.3 is 10.6 Å². The van der Waals surface area contributed by atoms with E-state index in [1.165, 1.54) is 11.8 Å². The molecule has 3 heterocycles. The number of nitrogens with one attached hydrogen (secondary N) is 2. The van der Waals surface area contributed by atoms with Crippen LogP contribution in [0.3, 0.4) is 0 Å². The zero-order valence-electron chi connectivity index (χ0n) is 12.7. The van der Waals surface area contributed by atoms with E-state index in [9.17, 15) is 4.79 Å². The lowest BCUT2D eigenvalue weighted by Gasteiger charge is -2.08. The second-order valence-corrected chi connectivity index (χ2v) is 5.86. The first-order valence-corrected chi connectivity index (χ1v) is 8.10. The summed E-state index contributed by atoms with van der Waals surface area (Å²) in [4.78, 5) is 24.5. The number of urea groups is 1. The van der Waals surface area contributed by atoms with Crippen LogP contribution in [-0.4, -0.2) is 21.0 Å². The molecule has 3 rings (SSSR count). The van der Waals surface area contributed by atoms with Crippen LogP contribution >= 0.6 is 11.8 Å². The van der Waals surface area contributed by atoms with Gasteiger partial charge >= 0.3 is 6.03 Å². The second kappa shape index (κ2) is 8.07. The summed E-state index contributed by atoms with van der Waals surface area (Å²) in [6, 6.07) is 12.7. The number of pyridine rings is 3. The molecule has 2 N–H and O–H groups in total. The highest BCUT2D eigenvalue weighted by molar-refractivity contribution is 7.99. The third kappa shape index (κ3) is 4.79. The van der Waals surface area contributed by atoms with E-state index in [0.717, 1.165) is 15.6 Å². The molecule has 0 radical (unpaired) electrons. The van der Waals surface area contributed by atoms with E-state index in [1.807, 2.05) is 36.4 Å². The number of carbonyl (C=O) groups excluding carboxylic acids is 1. The van der Waals surface area contributed by atoms with Crippen molar-refractivity contribution in [3.63, 3.8) is 0 Å². The molecule has 0 aliphatic carbocycles. The quantitative estimate of drug-likeness (QED) is 0.746. The Hall–Kier alpha value is -2.93. The molecule has 0 fully saturated rings. The van der Waals surface area contributed by atoms with Gasteiger partial charge in [0.2, 0.25) is 0 Å². The van der Waals surface area contributed by atoms with Crippen LogP contribution in [-0.2, 0) is 6.54 Å². The van der Waals surface area contributed by atoms with E-state index in [0.29, 0.717) is 12.2 Å². The summed E-state index contributed by atoms with van der Waals surface area (Å²) in [5, 5.41) is 7.19. The van der Waals surface area contributed by atoms with Crippen LogP contribution in [0.15, 0.2) is 77.3 Å². The number of hydrogen-bond acceptors (Lipinski definition) is 5. The molecular weight excluding hydrogens is 322 g/mol. The lowest BCUT2D eigenvalue weighted by molar-refractivity contribution is 0.251. The molecule has 7 heteroatoms. The molecule has 3 aromatic heterocycles. The van der Waals surface area contributed by atoms with Crippen molar-refractivity contribution in [3.05, 3.63) is 72.8 Å². The van der Waals surface area contributed by atoms with Crippen molar-refractivity contribution >= 4 is 23.5 Å². The van der Waals surface area contributed by atoms with Crippen LogP contribution in [0, 0.1) is 0 Å². The Morgan fingerprint density at radius 2 is 1.92 bits per heavy atom. The lowest BCUT2D eigenvalue weighted by Crippen LogP contribution is -2.28. The molecular formula is C17H15N5OS. The van der Waals surface area contributed by atoms with E-state index < -0.39 is 0 Å². The average Bonchev–Trinajstić information content (AvgIpc) is 2.62. The molecule has 6 nitrogen and oxygen atoms in total. The zero-order valence-corrected chi connectivity index (χ0v) is 13.5. The fourth-order valence-electron chi connectivity index (χ4n) is 1.92. The minimum atomic E-state index is -0.279. The first kappa shape index (κ1) is 15.9. The van der Waals surface area contributed by atoms with Gasteiger partial charge in [-0.2, -0.15) is 0 Å². The SMILES string of the molecule is O=C(NCc1cccnc1)Nc1ccnc(Sc2ccccn2)c1. The monoisotopic (exact) mass is 337 g/mol. The standard InChI is InChI=1S/C17H15N5OS/c23-17(21-12-13-4-3-7-18-11-13)22-14-6-9-20-16(10-14)24-15-5-1-2-8-19-15/h1-11H,12H2,(H2,20,21,22,23). The Labute approximate surface area is 143 Å². The van der Waals surface area contributed by atoms with Gasteiger partial charge in [0.05, 0.1) is 0 Å². The summed E-state index contributed by atoms with van der Waals surface area (Å²) < 4.78 is 0. The smallest absolute Gasteiger partial charge is 0.319 e. The Balaban J connectivity index is 1.57. The van der Waals surface area contributed by atoms with Gasteiger partial charge in [0.25, 0.3) is 0 Å². The normalized spacial score (nSPS) is 10.2. The van der Waals surface area contributed by atoms with Gasteiger partial charge in [-0.05, 0) is 35.9 Å². The van der Waals surface area contributed by atoms with Gasteiger partial charge in [0, 0.05) is 37.0 Å². The highest BCUT2D eigenvalue weighted by Crippen LogP contribution is 2.25. The summed E-state index contributed by atoms with van der Waals surface area (Å²) in [5.41, 5.74) is 1.61. The van der Waals surface area contributed by atoms with Crippen molar-refractivity contribution in [1.29, 1.82) is 0 Å². The average molecular weight is 337 g/mol. The molecule has 0 aromatic carbocycles. The molecule has 2 amide bonds. The summed E-state index contributed by atoms with van der Waals surface area (Å²) in [6.45, 7) is 0.417. The fraction of sp³-hybridized carbons (Fsp3) is 0.0588. The summed E-state index contributed by atoms with van der Waals surface area (Å²) in [5.74, 6) is 0. The van der Waals surface area contributed by atoms with E-state index in [-0.39, 0.29) is 6.03 Å². The maximum atomic E-state index is 12.0. The second-order valence-electron chi connectivity index (χ2n) is 4.82. The lowest BCUT2D eigenvalue weighted by atomic mass is 10.3. The van der Waals surface area contributed by atoms with Gasteiger partial charge in [-0.3, -0.25) is 4.98 Å². The molecule has 0 spiro atoms. The first-order valence-electron chi connectivity index (χ1n) is 7.28. The predicted molar refractivity (Wildman–Crippen MR) is 92.7 cm³/mol. The van der Waals surface area contributed by atoms with Crippen molar-refractivity contribution < 1.29 is 4.79 Å². The minimum absolute atomic E-state index is 0.279. The van der Waals surface area contributed by atoms with E-state index in [2.05, 4.69) is 25.6 Å². The summed E-state index contributed by atoms with van der Waals surface area (Å²) in [7, 11) is 0. The Morgan fingerprint density at radius 1 is 1.00 bits per heavy atom. The van der Waals surface area contributed by atoms with Crippen LogP contribution in [0.25, 0.3) is 0 Å². The highest BCUT2D eigenvalue weighted by atomic mass is 32.2. The number of carbonyl (C=O) groups is 1. The first-order chi connectivity index (χ1) is 11.8. The fourth-order valence-corrected chi connectivity index (χ4v) is 2.69. The number of amides is 2. The molecule has 0 saturated carbocycles. The van der Waals surface area contributed by atoms with Crippen molar-refractivity contribution in [2.45, 2.75) is 16.6 Å². The Morgan fingerprint density at radius 3 is 2.71 bits per heavy atom. The maximum absolute atomic E-state index is 12.0. The third-order valence-corrected chi connectivity index (χ3v) is 3.90. The van der Waals surface area contributed by atoms with E-state index in [4.69, 9.17) is 0 Å². The Kier molecular flexibility index (Phi) is 5.36. The molecule has 0 atom stereocenters. The molecule has 0 aliphatic rings. The van der Waals surface area contributed by atoms with Crippen LogP contribution < -0.4 is 10.6 Å². The Bertz CT molecular complexity index is 798. The summed E-state index contributed by atoms with van der Waals surface area (Å²) >= 11 is 1.44. The largest absolute Gasteiger partial charge is 0.334 e. The number of aromatic nitrogens is 3. The molecule has 0 bridgehead atoms. The summed E-state index contributed by atoms with van der Waals surface area (Å²) in [6.07, 6.45) is 6.80. The number of anilines is 1. The van der Waals surface area contributed by atoms with Crippen molar-refractivity contribution in [2.24, 2.45) is 0 Å². The molecule has 24 heavy (non-hydrogen) atoms.